The van der Waals surface area contributed by atoms with Crippen LogP contribution in [0.25, 0.3) is 0 Å². The van der Waals surface area contributed by atoms with Gasteiger partial charge in [-0.25, -0.2) is 13.4 Å². The number of sulfonamides is 1. The van der Waals surface area contributed by atoms with E-state index in [4.69, 9.17) is 20.8 Å². The van der Waals surface area contributed by atoms with Crippen LogP contribution in [0.4, 0.5) is 5.69 Å². The maximum atomic E-state index is 12.4. The van der Waals surface area contributed by atoms with Gasteiger partial charge < -0.3 is 14.5 Å². The Labute approximate surface area is 143 Å². The average Bonchev–Trinajstić information content (AvgIpc) is 3.09. The fourth-order valence-corrected chi connectivity index (χ4v) is 3.64. The number of ether oxygens (including phenoxy) is 1. The molecule has 0 aromatic carbocycles. The van der Waals surface area contributed by atoms with Crippen molar-refractivity contribution in [2.24, 2.45) is 0 Å². The second-order valence-corrected chi connectivity index (χ2v) is 7.16. The van der Waals surface area contributed by atoms with Crippen LogP contribution in [0.3, 0.4) is 0 Å². The zero-order chi connectivity index (χ0) is 17.2. The van der Waals surface area contributed by atoms with Gasteiger partial charge in [0.25, 0.3) is 15.9 Å². The molecule has 3 rings (SSSR count). The largest absolute Gasteiger partial charge is 0.438 e. The average molecular weight is 372 g/mol. The van der Waals surface area contributed by atoms with Crippen LogP contribution in [0.2, 0.25) is 5.15 Å². The van der Waals surface area contributed by atoms with Crippen LogP contribution in [-0.4, -0.2) is 49.9 Å². The van der Waals surface area contributed by atoms with Gasteiger partial charge in [0.05, 0.1) is 18.9 Å². The Balaban J connectivity index is 1.77. The maximum Gasteiger partial charge on any atom is 0.291 e. The van der Waals surface area contributed by atoms with E-state index in [1.54, 1.807) is 12.1 Å². The first kappa shape index (κ1) is 16.9. The smallest absolute Gasteiger partial charge is 0.291 e. The lowest BCUT2D eigenvalue weighted by Gasteiger charge is -2.24. The van der Waals surface area contributed by atoms with E-state index in [9.17, 15) is 13.2 Å². The number of halogens is 1. The van der Waals surface area contributed by atoms with Crippen molar-refractivity contribution in [1.29, 1.82) is 0 Å². The third-order valence-electron chi connectivity index (χ3n) is 3.38. The first-order valence-electron chi connectivity index (χ1n) is 7.08. The molecule has 1 N–H and O–H groups in total. The topological polar surface area (TPSA) is 102 Å². The van der Waals surface area contributed by atoms with Gasteiger partial charge in [-0.15, -0.1) is 0 Å². The summed E-state index contributed by atoms with van der Waals surface area (Å²) in [5, 5.41) is 2.35. The Morgan fingerprint density at radius 3 is 2.71 bits per heavy atom. The molecule has 1 amide bonds. The van der Waals surface area contributed by atoms with E-state index in [1.165, 1.54) is 22.6 Å². The number of hydrogen-bond donors (Lipinski definition) is 1. The zero-order valence-corrected chi connectivity index (χ0v) is 14.0. The normalized spacial score (nSPS) is 16.0. The lowest BCUT2D eigenvalue weighted by Crippen LogP contribution is -2.40. The molecule has 2 aromatic rings. The van der Waals surface area contributed by atoms with E-state index in [-0.39, 0.29) is 29.1 Å². The highest BCUT2D eigenvalue weighted by Gasteiger charge is 2.30. The van der Waals surface area contributed by atoms with Crippen LogP contribution in [0.15, 0.2) is 40.0 Å². The number of hydrogen-bond acceptors (Lipinski definition) is 6. The summed E-state index contributed by atoms with van der Waals surface area (Å²) in [5.74, 6) is -0.755. The van der Waals surface area contributed by atoms with Crippen LogP contribution in [0.5, 0.6) is 0 Å². The lowest BCUT2D eigenvalue weighted by atomic mass is 10.4. The third-order valence-corrected chi connectivity index (χ3v) is 5.45. The molecule has 0 aliphatic carbocycles. The first-order valence-corrected chi connectivity index (χ1v) is 8.90. The quantitative estimate of drug-likeness (QED) is 0.819. The molecule has 1 saturated heterocycles. The van der Waals surface area contributed by atoms with Crippen LogP contribution in [0.1, 0.15) is 10.6 Å². The van der Waals surface area contributed by atoms with Crippen LogP contribution < -0.4 is 5.32 Å². The Morgan fingerprint density at radius 1 is 1.25 bits per heavy atom. The predicted molar refractivity (Wildman–Crippen MR) is 85.5 cm³/mol. The number of amides is 1. The van der Waals surface area contributed by atoms with Crippen molar-refractivity contribution >= 4 is 33.2 Å². The highest BCUT2D eigenvalue weighted by Crippen LogP contribution is 2.22. The molecule has 3 heterocycles. The Kier molecular flexibility index (Phi) is 4.86. The third kappa shape index (κ3) is 3.44. The van der Waals surface area contributed by atoms with Crippen molar-refractivity contribution < 1.29 is 22.4 Å². The highest BCUT2D eigenvalue weighted by atomic mass is 35.5. The number of morpholine rings is 1. The summed E-state index contributed by atoms with van der Waals surface area (Å²) in [5.41, 5.74) is 0.304. The molecule has 1 fully saturated rings. The van der Waals surface area contributed by atoms with Crippen molar-refractivity contribution in [2.75, 3.05) is 31.6 Å². The molecule has 0 atom stereocenters. The predicted octanol–water partition coefficient (Wildman–Crippen LogP) is 1.60. The standard InChI is InChI=1S/C14H14ClN3O5S/c15-13-10(2-1-5-16-13)17-14(19)11-3-4-12(23-11)24(20,21)18-6-8-22-9-7-18/h1-5H,6-9H2,(H,17,19). The minimum Gasteiger partial charge on any atom is -0.438 e. The number of nitrogens with zero attached hydrogens (tertiary/aromatic N) is 2. The van der Waals surface area contributed by atoms with Gasteiger partial charge in [-0.05, 0) is 24.3 Å². The van der Waals surface area contributed by atoms with Crippen molar-refractivity contribution in [3.8, 4) is 0 Å². The molecule has 0 radical (unpaired) electrons. The van der Waals surface area contributed by atoms with E-state index in [0.717, 1.165) is 0 Å². The lowest BCUT2D eigenvalue weighted by molar-refractivity contribution is 0.0723. The summed E-state index contributed by atoms with van der Waals surface area (Å²) in [6, 6.07) is 5.73. The summed E-state index contributed by atoms with van der Waals surface area (Å²) >= 11 is 5.86. The van der Waals surface area contributed by atoms with E-state index in [1.807, 2.05) is 0 Å². The molecule has 8 nitrogen and oxygen atoms in total. The molecule has 0 unspecified atom stereocenters. The number of rotatable bonds is 4. The summed E-state index contributed by atoms with van der Waals surface area (Å²) < 4.78 is 36.5. The number of furan rings is 1. The SMILES string of the molecule is O=C(Nc1cccnc1Cl)c1ccc(S(=O)(=O)N2CCOCC2)o1. The van der Waals surface area contributed by atoms with Crippen LogP contribution in [-0.2, 0) is 14.8 Å². The van der Waals surface area contributed by atoms with Crippen molar-refractivity contribution in [3.63, 3.8) is 0 Å². The van der Waals surface area contributed by atoms with Crippen LogP contribution in [0, 0.1) is 0 Å². The Hall–Kier alpha value is -1.94. The summed E-state index contributed by atoms with van der Waals surface area (Å²) in [4.78, 5) is 16.0. The van der Waals surface area contributed by atoms with Gasteiger partial charge in [-0.3, -0.25) is 4.79 Å². The van der Waals surface area contributed by atoms with Gasteiger partial charge in [-0.2, -0.15) is 4.31 Å². The number of pyridine rings is 1. The van der Waals surface area contributed by atoms with Gasteiger partial charge in [0, 0.05) is 19.3 Å². The number of nitrogens with one attached hydrogen (secondary N) is 1. The molecule has 2 aromatic heterocycles. The monoisotopic (exact) mass is 371 g/mol. The summed E-state index contributed by atoms with van der Waals surface area (Å²) in [6.45, 7) is 1.14. The van der Waals surface area contributed by atoms with Crippen molar-refractivity contribution in [3.05, 3.63) is 41.4 Å². The molecule has 0 saturated carbocycles. The van der Waals surface area contributed by atoms with Gasteiger partial charge in [0.2, 0.25) is 5.09 Å². The fourth-order valence-electron chi connectivity index (χ4n) is 2.16. The second kappa shape index (κ2) is 6.89. The summed E-state index contributed by atoms with van der Waals surface area (Å²) in [6.07, 6.45) is 1.48. The Bertz CT molecular complexity index is 846. The minimum atomic E-state index is -3.79. The first-order chi connectivity index (χ1) is 11.5. The number of carbonyl (C=O) groups excluding carboxylic acids is 1. The second-order valence-electron chi connectivity index (χ2n) is 4.93. The van der Waals surface area contributed by atoms with E-state index in [0.29, 0.717) is 18.9 Å². The molecule has 1 aliphatic heterocycles. The van der Waals surface area contributed by atoms with Gasteiger partial charge in [-0.1, -0.05) is 11.6 Å². The molecule has 0 bridgehead atoms. The molecule has 128 valence electrons. The Morgan fingerprint density at radius 2 is 2.00 bits per heavy atom. The van der Waals surface area contributed by atoms with E-state index in [2.05, 4.69) is 10.3 Å². The molecule has 24 heavy (non-hydrogen) atoms. The molecular formula is C14H14ClN3O5S. The molecular weight excluding hydrogens is 358 g/mol. The summed E-state index contributed by atoms with van der Waals surface area (Å²) in [7, 11) is -3.79. The highest BCUT2D eigenvalue weighted by molar-refractivity contribution is 7.89. The van der Waals surface area contributed by atoms with Gasteiger partial charge >= 0.3 is 0 Å². The fraction of sp³-hybridized carbons (Fsp3) is 0.286. The molecule has 0 spiro atoms. The van der Waals surface area contributed by atoms with Crippen molar-refractivity contribution in [1.82, 2.24) is 9.29 Å². The van der Waals surface area contributed by atoms with Gasteiger partial charge in [0.15, 0.2) is 10.9 Å². The van der Waals surface area contributed by atoms with E-state index >= 15 is 0 Å². The van der Waals surface area contributed by atoms with Crippen LogP contribution >= 0.6 is 11.6 Å². The van der Waals surface area contributed by atoms with Gasteiger partial charge in [0.1, 0.15) is 0 Å². The van der Waals surface area contributed by atoms with Crippen molar-refractivity contribution in [2.45, 2.75) is 5.09 Å². The number of aromatic nitrogens is 1. The molecule has 10 heteroatoms. The maximum absolute atomic E-state index is 12.4. The number of carbonyl (C=O) groups is 1. The zero-order valence-electron chi connectivity index (χ0n) is 12.4. The minimum absolute atomic E-state index is 0.124. The molecule has 1 aliphatic rings. The number of anilines is 1. The van der Waals surface area contributed by atoms with E-state index < -0.39 is 15.9 Å².